The van der Waals surface area contributed by atoms with Crippen molar-refractivity contribution in [2.24, 2.45) is 10.9 Å². The Balaban J connectivity index is 0.000000791. The van der Waals surface area contributed by atoms with Crippen molar-refractivity contribution in [3.63, 3.8) is 0 Å². The summed E-state index contributed by atoms with van der Waals surface area (Å²) in [6.45, 7) is 4.00. The smallest absolute Gasteiger partial charge is 0.126 e. The SMILES string of the molecule is CC.N/N=C/c1c(Cl)cc(F)cc1Cl. The summed E-state index contributed by atoms with van der Waals surface area (Å²) in [6, 6.07) is 2.29. The molecule has 0 unspecified atom stereocenters. The second kappa shape index (κ2) is 6.62. The van der Waals surface area contributed by atoms with Gasteiger partial charge < -0.3 is 5.84 Å². The highest BCUT2D eigenvalue weighted by atomic mass is 35.5. The summed E-state index contributed by atoms with van der Waals surface area (Å²) in [4.78, 5) is 0. The van der Waals surface area contributed by atoms with Crippen molar-refractivity contribution in [1.82, 2.24) is 0 Å². The van der Waals surface area contributed by atoms with Gasteiger partial charge in [0.15, 0.2) is 0 Å². The van der Waals surface area contributed by atoms with E-state index in [1.807, 2.05) is 13.8 Å². The summed E-state index contributed by atoms with van der Waals surface area (Å²) >= 11 is 11.3. The molecule has 0 radical (unpaired) electrons. The largest absolute Gasteiger partial charge is 0.323 e. The molecule has 1 rings (SSSR count). The van der Waals surface area contributed by atoms with E-state index in [0.717, 1.165) is 12.1 Å². The first-order valence-corrected chi connectivity index (χ1v) is 4.78. The first kappa shape index (κ1) is 13.2. The lowest BCUT2D eigenvalue weighted by Gasteiger charge is -1.99. The van der Waals surface area contributed by atoms with Gasteiger partial charge in [-0.3, -0.25) is 0 Å². The minimum Gasteiger partial charge on any atom is -0.323 e. The van der Waals surface area contributed by atoms with E-state index in [2.05, 4.69) is 5.10 Å². The molecular weight excluding hydrogens is 226 g/mol. The van der Waals surface area contributed by atoms with Gasteiger partial charge in [-0.1, -0.05) is 37.0 Å². The summed E-state index contributed by atoms with van der Waals surface area (Å²) in [5, 5.41) is 3.62. The molecule has 0 atom stereocenters. The number of benzene rings is 1. The lowest BCUT2D eigenvalue weighted by atomic mass is 10.2. The Kier molecular flexibility index (Phi) is 6.25. The minimum absolute atomic E-state index is 0.189. The number of halogens is 3. The maximum atomic E-state index is 12.6. The molecule has 2 N–H and O–H groups in total. The molecule has 0 aliphatic heterocycles. The Hall–Kier alpha value is -0.800. The summed E-state index contributed by atoms with van der Waals surface area (Å²) in [5.41, 5.74) is 0.419. The molecule has 1 aromatic carbocycles. The second-order valence-electron chi connectivity index (χ2n) is 2.06. The number of hydrogen-bond donors (Lipinski definition) is 1. The van der Waals surface area contributed by atoms with Gasteiger partial charge in [0.05, 0.1) is 16.3 Å². The molecular formula is C9H11Cl2FN2. The minimum atomic E-state index is -0.487. The van der Waals surface area contributed by atoms with Crippen LogP contribution in [0.15, 0.2) is 17.2 Å². The van der Waals surface area contributed by atoms with Crippen molar-refractivity contribution in [2.75, 3.05) is 0 Å². The molecule has 0 saturated carbocycles. The molecule has 2 nitrogen and oxygen atoms in total. The standard InChI is InChI=1S/C7H5Cl2FN2.C2H6/c8-6-1-4(10)2-7(9)5(6)3-12-11;1-2/h1-3H,11H2;1-2H3/b12-3+;. The van der Waals surface area contributed by atoms with Crippen molar-refractivity contribution in [3.8, 4) is 0 Å². The van der Waals surface area contributed by atoms with Gasteiger partial charge in [-0.05, 0) is 12.1 Å². The number of nitrogens with two attached hydrogens (primary N) is 1. The molecule has 1 aromatic rings. The Labute approximate surface area is 92.5 Å². The van der Waals surface area contributed by atoms with Crippen LogP contribution in [0.1, 0.15) is 19.4 Å². The molecule has 0 aliphatic carbocycles. The zero-order chi connectivity index (χ0) is 11.1. The van der Waals surface area contributed by atoms with E-state index in [0.29, 0.717) is 5.56 Å². The third-order valence-corrected chi connectivity index (χ3v) is 1.87. The molecule has 78 valence electrons. The number of nitrogens with zero attached hydrogens (tertiary/aromatic N) is 1. The molecule has 0 spiro atoms. The van der Waals surface area contributed by atoms with Crippen LogP contribution in [0.25, 0.3) is 0 Å². The average molecular weight is 237 g/mol. The monoisotopic (exact) mass is 236 g/mol. The Morgan fingerprint density at radius 1 is 1.29 bits per heavy atom. The first-order valence-electron chi connectivity index (χ1n) is 4.03. The quantitative estimate of drug-likeness (QED) is 0.453. The lowest BCUT2D eigenvalue weighted by molar-refractivity contribution is 0.628. The fourth-order valence-electron chi connectivity index (χ4n) is 0.751. The molecule has 0 bridgehead atoms. The predicted molar refractivity (Wildman–Crippen MR) is 59.5 cm³/mol. The number of hydrazone groups is 1. The predicted octanol–water partition coefficient (Wildman–Crippen LogP) is 3.45. The maximum absolute atomic E-state index is 12.6. The van der Waals surface area contributed by atoms with E-state index in [1.54, 1.807) is 0 Å². The highest BCUT2D eigenvalue weighted by molar-refractivity contribution is 6.38. The van der Waals surface area contributed by atoms with Gasteiger partial charge in [-0.2, -0.15) is 5.10 Å². The van der Waals surface area contributed by atoms with E-state index >= 15 is 0 Å². The van der Waals surface area contributed by atoms with Crippen LogP contribution >= 0.6 is 23.2 Å². The van der Waals surface area contributed by atoms with Gasteiger partial charge in [-0.25, -0.2) is 4.39 Å². The van der Waals surface area contributed by atoms with Gasteiger partial charge in [0.2, 0.25) is 0 Å². The van der Waals surface area contributed by atoms with Crippen LogP contribution in [0, 0.1) is 5.82 Å². The Bertz CT molecular complexity index is 304. The average Bonchev–Trinajstić information content (AvgIpc) is 2.14. The topological polar surface area (TPSA) is 38.4 Å². The van der Waals surface area contributed by atoms with Crippen LogP contribution in [-0.2, 0) is 0 Å². The highest BCUT2D eigenvalue weighted by Gasteiger charge is 2.05. The third kappa shape index (κ3) is 3.52. The molecule has 0 amide bonds. The number of hydrogen-bond acceptors (Lipinski definition) is 2. The normalized spacial score (nSPS) is 9.79. The van der Waals surface area contributed by atoms with Gasteiger partial charge in [0.25, 0.3) is 0 Å². The van der Waals surface area contributed by atoms with Gasteiger partial charge >= 0.3 is 0 Å². The van der Waals surface area contributed by atoms with Crippen molar-refractivity contribution in [1.29, 1.82) is 0 Å². The Morgan fingerprint density at radius 2 is 1.71 bits per heavy atom. The van der Waals surface area contributed by atoms with Crippen molar-refractivity contribution >= 4 is 29.4 Å². The van der Waals surface area contributed by atoms with Crippen LogP contribution in [-0.4, -0.2) is 6.21 Å². The molecule has 0 heterocycles. The van der Waals surface area contributed by atoms with E-state index in [4.69, 9.17) is 29.0 Å². The van der Waals surface area contributed by atoms with Crippen LogP contribution in [0.2, 0.25) is 10.0 Å². The Morgan fingerprint density at radius 3 is 2.07 bits per heavy atom. The summed E-state index contributed by atoms with van der Waals surface area (Å²) in [6.07, 6.45) is 1.27. The molecule has 0 fully saturated rings. The van der Waals surface area contributed by atoms with E-state index < -0.39 is 5.82 Å². The fraction of sp³-hybridized carbons (Fsp3) is 0.222. The zero-order valence-electron chi connectivity index (χ0n) is 7.89. The van der Waals surface area contributed by atoms with Crippen LogP contribution in [0.5, 0.6) is 0 Å². The lowest BCUT2D eigenvalue weighted by Crippen LogP contribution is -1.90. The van der Waals surface area contributed by atoms with Crippen LogP contribution in [0.3, 0.4) is 0 Å². The maximum Gasteiger partial charge on any atom is 0.126 e. The molecule has 0 saturated heterocycles. The molecule has 14 heavy (non-hydrogen) atoms. The van der Waals surface area contributed by atoms with Crippen molar-refractivity contribution in [3.05, 3.63) is 33.6 Å². The highest BCUT2D eigenvalue weighted by Crippen LogP contribution is 2.24. The van der Waals surface area contributed by atoms with Gasteiger partial charge in [-0.15, -0.1) is 0 Å². The second-order valence-corrected chi connectivity index (χ2v) is 2.88. The van der Waals surface area contributed by atoms with Gasteiger partial charge in [0, 0.05) is 5.56 Å². The number of rotatable bonds is 1. The van der Waals surface area contributed by atoms with Crippen LogP contribution < -0.4 is 5.84 Å². The molecule has 0 aromatic heterocycles. The van der Waals surface area contributed by atoms with Gasteiger partial charge in [0.1, 0.15) is 5.82 Å². The van der Waals surface area contributed by atoms with E-state index in [-0.39, 0.29) is 10.0 Å². The third-order valence-electron chi connectivity index (χ3n) is 1.25. The summed E-state index contributed by atoms with van der Waals surface area (Å²) in [5.74, 6) is 4.41. The first-order chi connectivity index (χ1) is 6.65. The summed E-state index contributed by atoms with van der Waals surface area (Å²) in [7, 11) is 0. The summed E-state index contributed by atoms with van der Waals surface area (Å²) < 4.78 is 12.6. The molecule has 5 heteroatoms. The molecule has 0 aliphatic rings. The van der Waals surface area contributed by atoms with Crippen molar-refractivity contribution in [2.45, 2.75) is 13.8 Å². The zero-order valence-corrected chi connectivity index (χ0v) is 9.40. The van der Waals surface area contributed by atoms with E-state index in [1.165, 1.54) is 6.21 Å². The fourth-order valence-corrected chi connectivity index (χ4v) is 1.31. The van der Waals surface area contributed by atoms with Crippen LogP contribution in [0.4, 0.5) is 4.39 Å². The van der Waals surface area contributed by atoms with Crippen molar-refractivity contribution < 1.29 is 4.39 Å². The van der Waals surface area contributed by atoms with E-state index in [9.17, 15) is 4.39 Å².